The predicted octanol–water partition coefficient (Wildman–Crippen LogP) is 3.85. The van der Waals surface area contributed by atoms with Gasteiger partial charge in [-0.05, 0) is 57.4 Å². The van der Waals surface area contributed by atoms with E-state index in [0.717, 1.165) is 24.0 Å². The first-order valence-corrected chi connectivity index (χ1v) is 9.29. The SMILES string of the molecule is CC1C[C@@H](NC(=O)OC(C)(C)C)CN(c2ccc(C#N)c3ncccc23)C1. The lowest BCUT2D eigenvalue weighted by atomic mass is 9.94. The summed E-state index contributed by atoms with van der Waals surface area (Å²) in [7, 11) is 0. The molecule has 142 valence electrons. The van der Waals surface area contributed by atoms with Crippen molar-refractivity contribution in [2.24, 2.45) is 5.92 Å². The number of nitrogens with one attached hydrogen (secondary N) is 1. The average Bonchev–Trinajstić information content (AvgIpc) is 2.58. The molecule has 0 radical (unpaired) electrons. The van der Waals surface area contributed by atoms with Crippen molar-refractivity contribution < 1.29 is 9.53 Å². The van der Waals surface area contributed by atoms with Gasteiger partial charge in [-0.3, -0.25) is 4.98 Å². The van der Waals surface area contributed by atoms with Gasteiger partial charge in [0.05, 0.1) is 11.1 Å². The summed E-state index contributed by atoms with van der Waals surface area (Å²) in [6.07, 6.45) is 2.23. The average molecular weight is 366 g/mol. The summed E-state index contributed by atoms with van der Waals surface area (Å²) in [4.78, 5) is 18.8. The van der Waals surface area contributed by atoms with Crippen LogP contribution in [0, 0.1) is 17.2 Å². The molecule has 27 heavy (non-hydrogen) atoms. The second kappa shape index (κ2) is 7.43. The van der Waals surface area contributed by atoms with Gasteiger partial charge in [0, 0.05) is 36.4 Å². The van der Waals surface area contributed by atoms with Crippen molar-refractivity contribution in [3.8, 4) is 6.07 Å². The molecule has 0 aliphatic carbocycles. The highest BCUT2D eigenvalue weighted by Crippen LogP contribution is 2.31. The van der Waals surface area contributed by atoms with E-state index in [4.69, 9.17) is 4.74 Å². The van der Waals surface area contributed by atoms with Crippen LogP contribution >= 0.6 is 0 Å². The Bertz CT molecular complexity index is 882. The number of nitriles is 1. The third kappa shape index (κ3) is 4.48. The molecule has 0 saturated carbocycles. The van der Waals surface area contributed by atoms with Gasteiger partial charge in [-0.25, -0.2) is 4.79 Å². The van der Waals surface area contributed by atoms with E-state index in [1.54, 1.807) is 6.20 Å². The molecular weight excluding hydrogens is 340 g/mol. The van der Waals surface area contributed by atoms with Crippen LogP contribution < -0.4 is 10.2 Å². The fraction of sp³-hybridized carbons (Fsp3) is 0.476. The number of amides is 1. The monoisotopic (exact) mass is 366 g/mol. The lowest BCUT2D eigenvalue weighted by Gasteiger charge is -2.38. The Balaban J connectivity index is 1.84. The van der Waals surface area contributed by atoms with Crippen LogP contribution in [0.2, 0.25) is 0 Å². The van der Waals surface area contributed by atoms with Crippen LogP contribution in [0.3, 0.4) is 0 Å². The molecule has 2 heterocycles. The third-order valence-electron chi connectivity index (χ3n) is 4.59. The van der Waals surface area contributed by atoms with E-state index in [1.807, 2.05) is 45.0 Å². The van der Waals surface area contributed by atoms with Crippen molar-refractivity contribution in [2.75, 3.05) is 18.0 Å². The van der Waals surface area contributed by atoms with Crippen molar-refractivity contribution in [1.29, 1.82) is 5.26 Å². The Morgan fingerprint density at radius 3 is 2.81 bits per heavy atom. The van der Waals surface area contributed by atoms with E-state index in [-0.39, 0.29) is 12.1 Å². The Morgan fingerprint density at radius 2 is 2.11 bits per heavy atom. The molecule has 1 amide bonds. The second-order valence-electron chi connectivity index (χ2n) is 8.23. The summed E-state index contributed by atoms with van der Waals surface area (Å²) in [5.41, 5.74) is 1.81. The summed E-state index contributed by atoms with van der Waals surface area (Å²) in [5.74, 6) is 0.418. The summed E-state index contributed by atoms with van der Waals surface area (Å²) < 4.78 is 5.40. The minimum Gasteiger partial charge on any atom is -0.444 e. The van der Waals surface area contributed by atoms with Crippen LogP contribution in [-0.4, -0.2) is 35.8 Å². The normalized spacial score (nSPS) is 20.2. The number of pyridine rings is 1. The number of anilines is 1. The van der Waals surface area contributed by atoms with Crippen molar-refractivity contribution in [3.63, 3.8) is 0 Å². The molecule has 3 rings (SSSR count). The molecule has 1 aromatic carbocycles. The lowest BCUT2D eigenvalue weighted by Crippen LogP contribution is -2.51. The van der Waals surface area contributed by atoms with Crippen molar-refractivity contribution in [1.82, 2.24) is 10.3 Å². The molecule has 2 atom stereocenters. The molecule has 1 aliphatic heterocycles. The maximum absolute atomic E-state index is 12.2. The Labute approximate surface area is 160 Å². The summed E-state index contributed by atoms with van der Waals surface area (Å²) >= 11 is 0. The number of piperidine rings is 1. The summed E-state index contributed by atoms with van der Waals surface area (Å²) in [6.45, 7) is 9.34. The maximum atomic E-state index is 12.2. The van der Waals surface area contributed by atoms with Gasteiger partial charge in [0.15, 0.2) is 0 Å². The number of carbonyl (C=O) groups is 1. The molecular formula is C21H26N4O2. The zero-order chi connectivity index (χ0) is 19.6. The number of fused-ring (bicyclic) bond motifs is 1. The van der Waals surface area contributed by atoms with E-state index in [2.05, 4.69) is 28.2 Å². The second-order valence-corrected chi connectivity index (χ2v) is 8.23. The van der Waals surface area contributed by atoms with Gasteiger partial charge in [-0.15, -0.1) is 0 Å². The Hall–Kier alpha value is -2.81. The smallest absolute Gasteiger partial charge is 0.407 e. The van der Waals surface area contributed by atoms with Gasteiger partial charge in [0.25, 0.3) is 0 Å². The van der Waals surface area contributed by atoms with Gasteiger partial charge >= 0.3 is 6.09 Å². The van der Waals surface area contributed by atoms with E-state index >= 15 is 0 Å². The first-order valence-electron chi connectivity index (χ1n) is 9.29. The fourth-order valence-electron chi connectivity index (χ4n) is 3.65. The molecule has 1 aromatic heterocycles. The molecule has 0 spiro atoms. The number of hydrogen-bond acceptors (Lipinski definition) is 5. The minimum absolute atomic E-state index is 0.00552. The molecule has 6 nitrogen and oxygen atoms in total. The molecule has 1 fully saturated rings. The number of rotatable bonds is 2. The largest absolute Gasteiger partial charge is 0.444 e. The van der Waals surface area contributed by atoms with Crippen LogP contribution in [0.25, 0.3) is 10.9 Å². The molecule has 0 bridgehead atoms. The van der Waals surface area contributed by atoms with E-state index in [9.17, 15) is 10.1 Å². The number of ether oxygens (including phenoxy) is 1. The molecule has 1 aliphatic rings. The van der Waals surface area contributed by atoms with Gasteiger partial charge in [-0.2, -0.15) is 5.26 Å². The number of nitrogens with zero attached hydrogens (tertiary/aromatic N) is 3. The van der Waals surface area contributed by atoms with Crippen molar-refractivity contribution >= 4 is 22.7 Å². The van der Waals surface area contributed by atoms with E-state index in [0.29, 0.717) is 23.5 Å². The van der Waals surface area contributed by atoms with Crippen LogP contribution in [0.1, 0.15) is 39.7 Å². The number of benzene rings is 1. The lowest BCUT2D eigenvalue weighted by molar-refractivity contribution is 0.0495. The number of aromatic nitrogens is 1. The van der Waals surface area contributed by atoms with E-state index < -0.39 is 5.60 Å². The first-order chi connectivity index (χ1) is 12.8. The minimum atomic E-state index is -0.515. The van der Waals surface area contributed by atoms with Gasteiger partial charge in [-0.1, -0.05) is 6.92 Å². The number of hydrogen-bond donors (Lipinski definition) is 1. The van der Waals surface area contributed by atoms with E-state index in [1.165, 1.54) is 0 Å². The fourth-order valence-corrected chi connectivity index (χ4v) is 3.65. The number of carbonyl (C=O) groups excluding carboxylic acids is 1. The topological polar surface area (TPSA) is 78.2 Å². The molecule has 6 heteroatoms. The first kappa shape index (κ1) is 19.0. The van der Waals surface area contributed by atoms with Gasteiger partial charge in [0.1, 0.15) is 11.7 Å². The zero-order valence-electron chi connectivity index (χ0n) is 16.3. The molecule has 1 saturated heterocycles. The third-order valence-corrected chi connectivity index (χ3v) is 4.59. The standard InChI is InChI=1S/C21H26N4O2/c1-14-10-16(24-20(26)27-21(2,3)4)13-25(12-14)18-8-7-15(11-22)19-17(18)6-5-9-23-19/h5-9,14,16H,10,12-13H2,1-4H3,(H,24,26)/t14?,16-/m1/s1. The van der Waals surface area contributed by atoms with Gasteiger partial charge in [0.2, 0.25) is 0 Å². The molecule has 1 N–H and O–H groups in total. The summed E-state index contributed by atoms with van der Waals surface area (Å²) in [6, 6.07) is 9.89. The van der Waals surface area contributed by atoms with Crippen LogP contribution in [0.5, 0.6) is 0 Å². The Morgan fingerprint density at radius 1 is 1.33 bits per heavy atom. The quantitative estimate of drug-likeness (QED) is 0.873. The van der Waals surface area contributed by atoms with Gasteiger partial charge < -0.3 is 15.0 Å². The van der Waals surface area contributed by atoms with Crippen molar-refractivity contribution in [2.45, 2.75) is 45.8 Å². The molecule has 2 aromatic rings. The molecule has 1 unspecified atom stereocenters. The number of alkyl carbamates (subject to hydrolysis) is 1. The predicted molar refractivity (Wildman–Crippen MR) is 106 cm³/mol. The zero-order valence-corrected chi connectivity index (χ0v) is 16.3. The van der Waals surface area contributed by atoms with Crippen LogP contribution in [0.4, 0.5) is 10.5 Å². The maximum Gasteiger partial charge on any atom is 0.407 e. The highest BCUT2D eigenvalue weighted by atomic mass is 16.6. The van der Waals surface area contributed by atoms with Crippen LogP contribution in [-0.2, 0) is 4.74 Å². The highest BCUT2D eigenvalue weighted by molar-refractivity contribution is 5.95. The van der Waals surface area contributed by atoms with Crippen LogP contribution in [0.15, 0.2) is 30.5 Å². The summed E-state index contributed by atoms with van der Waals surface area (Å²) in [5, 5.41) is 13.3. The van der Waals surface area contributed by atoms with Crippen molar-refractivity contribution in [3.05, 3.63) is 36.0 Å². The highest BCUT2D eigenvalue weighted by Gasteiger charge is 2.28. The Kier molecular flexibility index (Phi) is 5.22.